The fourth-order valence-corrected chi connectivity index (χ4v) is 2.73. The van der Waals surface area contributed by atoms with E-state index in [2.05, 4.69) is 15.3 Å². The summed E-state index contributed by atoms with van der Waals surface area (Å²) in [6, 6.07) is 1.91. The molecule has 0 aromatic carbocycles. The van der Waals surface area contributed by atoms with E-state index >= 15 is 0 Å². The molecular weight excluding hydrogens is 316 g/mol. The van der Waals surface area contributed by atoms with Crippen molar-refractivity contribution < 1.29 is 14.3 Å². The van der Waals surface area contributed by atoms with Crippen LogP contribution in [0.15, 0.2) is 16.8 Å². The molecule has 0 unspecified atom stereocenters. The molecule has 3 heterocycles. The Balaban J connectivity index is 1.90. The number of nitrogens with zero attached hydrogens (tertiary/aromatic N) is 3. The molecule has 2 aromatic rings. The fraction of sp³-hybridized carbons (Fsp3) is 0.400. The first kappa shape index (κ1) is 15.7. The second-order valence-corrected chi connectivity index (χ2v) is 6.08. The van der Waals surface area contributed by atoms with Crippen LogP contribution in [0, 0.1) is 0 Å². The van der Waals surface area contributed by atoms with E-state index in [9.17, 15) is 4.79 Å². The highest BCUT2D eigenvalue weighted by Crippen LogP contribution is 2.33. The van der Waals surface area contributed by atoms with Gasteiger partial charge in [-0.15, -0.1) is 0 Å². The molecule has 1 aliphatic heterocycles. The van der Waals surface area contributed by atoms with Crippen molar-refractivity contribution in [2.45, 2.75) is 0 Å². The summed E-state index contributed by atoms with van der Waals surface area (Å²) >= 11 is 1.55. The zero-order valence-corrected chi connectivity index (χ0v) is 13.9. The van der Waals surface area contributed by atoms with Gasteiger partial charge in [0, 0.05) is 24.0 Å². The molecule has 1 aliphatic rings. The van der Waals surface area contributed by atoms with Crippen LogP contribution < -0.4 is 14.8 Å². The number of nitrogens with one attached hydrogen (secondary N) is 1. The molecular formula is C15H18N4O3S. The predicted molar refractivity (Wildman–Crippen MR) is 87.2 cm³/mol. The average molecular weight is 334 g/mol. The van der Waals surface area contributed by atoms with E-state index in [0.717, 1.165) is 12.1 Å². The first-order valence-electron chi connectivity index (χ1n) is 7.28. The Morgan fingerprint density at radius 3 is 2.91 bits per heavy atom. The van der Waals surface area contributed by atoms with Crippen molar-refractivity contribution >= 4 is 17.2 Å². The van der Waals surface area contributed by atoms with Crippen molar-refractivity contribution in [3.63, 3.8) is 0 Å². The van der Waals surface area contributed by atoms with Crippen LogP contribution in [0.25, 0.3) is 11.4 Å². The number of hydrogen-bond acceptors (Lipinski definition) is 7. The van der Waals surface area contributed by atoms with Crippen molar-refractivity contribution in [2.24, 2.45) is 0 Å². The second-order valence-electron chi connectivity index (χ2n) is 5.30. The molecule has 122 valence electrons. The van der Waals surface area contributed by atoms with E-state index in [1.54, 1.807) is 11.3 Å². The third kappa shape index (κ3) is 3.59. The van der Waals surface area contributed by atoms with E-state index < -0.39 is 0 Å². The monoisotopic (exact) mass is 334 g/mol. The summed E-state index contributed by atoms with van der Waals surface area (Å²) in [6.45, 7) is 2.06. The number of carbonyl (C=O) groups is 1. The van der Waals surface area contributed by atoms with Gasteiger partial charge in [0.1, 0.15) is 13.2 Å². The molecule has 23 heavy (non-hydrogen) atoms. The standard InChI is InChI=1S/C15H18N4O3S/c1-19(2)5-4-16-14(20)11-12-15(22-7-6-21-12)18-13(17-11)10-3-8-23-9-10/h3,8-9H,4-7H2,1-2H3,(H,16,20). The molecule has 0 saturated heterocycles. The summed E-state index contributed by atoms with van der Waals surface area (Å²) in [5.41, 5.74) is 1.07. The third-order valence-electron chi connectivity index (χ3n) is 3.24. The highest BCUT2D eigenvalue weighted by Gasteiger charge is 2.25. The summed E-state index contributed by atoms with van der Waals surface area (Å²) in [6.07, 6.45) is 0. The lowest BCUT2D eigenvalue weighted by atomic mass is 10.2. The lowest BCUT2D eigenvalue weighted by molar-refractivity contribution is 0.0931. The van der Waals surface area contributed by atoms with Crippen molar-refractivity contribution in [1.29, 1.82) is 0 Å². The highest BCUT2D eigenvalue weighted by atomic mass is 32.1. The Kier molecular flexibility index (Phi) is 4.73. The van der Waals surface area contributed by atoms with Gasteiger partial charge in [-0.1, -0.05) is 0 Å². The zero-order valence-electron chi connectivity index (χ0n) is 13.0. The molecule has 0 aliphatic carbocycles. The SMILES string of the molecule is CN(C)CCNC(=O)c1nc(-c2ccsc2)nc2c1OCCO2. The maximum atomic E-state index is 12.5. The van der Waals surface area contributed by atoms with Crippen molar-refractivity contribution in [1.82, 2.24) is 20.2 Å². The zero-order chi connectivity index (χ0) is 16.2. The van der Waals surface area contributed by atoms with Gasteiger partial charge in [-0.05, 0) is 25.5 Å². The number of rotatable bonds is 5. The first-order chi connectivity index (χ1) is 11.1. The van der Waals surface area contributed by atoms with E-state index in [1.165, 1.54) is 0 Å². The molecule has 0 spiro atoms. The van der Waals surface area contributed by atoms with Gasteiger partial charge in [0.15, 0.2) is 11.5 Å². The lowest BCUT2D eigenvalue weighted by Gasteiger charge is -2.20. The minimum absolute atomic E-state index is 0.217. The average Bonchev–Trinajstić information content (AvgIpc) is 3.07. The summed E-state index contributed by atoms with van der Waals surface area (Å²) in [5, 5.41) is 6.72. The molecule has 0 fully saturated rings. The molecule has 1 amide bonds. The summed E-state index contributed by atoms with van der Waals surface area (Å²) in [7, 11) is 3.90. The van der Waals surface area contributed by atoms with E-state index in [-0.39, 0.29) is 11.6 Å². The number of hydrogen-bond donors (Lipinski definition) is 1. The molecule has 0 atom stereocenters. The van der Waals surface area contributed by atoms with Gasteiger partial charge in [-0.2, -0.15) is 16.3 Å². The molecule has 3 rings (SSSR count). The maximum Gasteiger partial charge on any atom is 0.274 e. The summed E-state index contributed by atoms with van der Waals surface area (Å²) < 4.78 is 11.1. The Morgan fingerprint density at radius 2 is 2.17 bits per heavy atom. The van der Waals surface area contributed by atoms with Crippen LogP contribution >= 0.6 is 11.3 Å². The van der Waals surface area contributed by atoms with Gasteiger partial charge in [0.25, 0.3) is 11.8 Å². The van der Waals surface area contributed by atoms with E-state index in [4.69, 9.17) is 9.47 Å². The van der Waals surface area contributed by atoms with Crippen LogP contribution in [-0.4, -0.2) is 61.2 Å². The van der Waals surface area contributed by atoms with Gasteiger partial charge in [0.2, 0.25) is 5.75 Å². The van der Waals surface area contributed by atoms with Crippen LogP contribution in [0.4, 0.5) is 0 Å². The summed E-state index contributed by atoms with van der Waals surface area (Å²) in [5.74, 6) is 0.823. The van der Waals surface area contributed by atoms with Gasteiger partial charge in [0.05, 0.1) is 0 Å². The number of amides is 1. The van der Waals surface area contributed by atoms with Gasteiger partial charge in [-0.3, -0.25) is 4.79 Å². The van der Waals surface area contributed by atoms with Crippen LogP contribution in [0.5, 0.6) is 11.6 Å². The van der Waals surface area contributed by atoms with Crippen LogP contribution in [-0.2, 0) is 0 Å². The Hall–Kier alpha value is -2.19. The van der Waals surface area contributed by atoms with Crippen LogP contribution in [0.2, 0.25) is 0 Å². The third-order valence-corrected chi connectivity index (χ3v) is 3.93. The van der Waals surface area contributed by atoms with Gasteiger partial charge >= 0.3 is 0 Å². The number of likely N-dealkylation sites (N-methyl/N-ethyl adjacent to an activating group) is 1. The smallest absolute Gasteiger partial charge is 0.274 e. The topological polar surface area (TPSA) is 76.6 Å². The predicted octanol–water partition coefficient (Wildman–Crippen LogP) is 1.27. The quantitative estimate of drug-likeness (QED) is 0.887. The number of carbonyl (C=O) groups excluding carboxylic acids is 1. The van der Waals surface area contributed by atoms with Crippen molar-refractivity contribution in [3.8, 4) is 23.0 Å². The molecule has 1 N–H and O–H groups in total. The molecule has 0 bridgehead atoms. The first-order valence-corrected chi connectivity index (χ1v) is 8.22. The van der Waals surface area contributed by atoms with Crippen molar-refractivity contribution in [2.75, 3.05) is 40.4 Å². The molecule has 8 heteroatoms. The maximum absolute atomic E-state index is 12.5. The largest absolute Gasteiger partial charge is 0.483 e. The van der Waals surface area contributed by atoms with E-state index in [1.807, 2.05) is 35.8 Å². The van der Waals surface area contributed by atoms with Crippen LogP contribution in [0.3, 0.4) is 0 Å². The second kappa shape index (κ2) is 6.93. The number of thiophene rings is 1. The number of aromatic nitrogens is 2. The van der Waals surface area contributed by atoms with Crippen LogP contribution in [0.1, 0.15) is 10.5 Å². The lowest BCUT2D eigenvalue weighted by Crippen LogP contribution is -2.33. The number of fused-ring (bicyclic) bond motifs is 1. The fourth-order valence-electron chi connectivity index (χ4n) is 2.09. The van der Waals surface area contributed by atoms with Gasteiger partial charge < -0.3 is 19.7 Å². The molecule has 0 saturated carbocycles. The van der Waals surface area contributed by atoms with Crippen molar-refractivity contribution in [3.05, 3.63) is 22.5 Å². The molecule has 7 nitrogen and oxygen atoms in total. The minimum atomic E-state index is -0.285. The highest BCUT2D eigenvalue weighted by molar-refractivity contribution is 7.08. The van der Waals surface area contributed by atoms with E-state index in [0.29, 0.717) is 37.2 Å². The molecule has 2 aromatic heterocycles. The Labute approximate surface area is 138 Å². The summed E-state index contributed by atoms with van der Waals surface area (Å²) in [4.78, 5) is 23.2. The van der Waals surface area contributed by atoms with Gasteiger partial charge in [-0.25, -0.2) is 4.98 Å². The normalized spacial score (nSPS) is 13.2. The Bertz CT molecular complexity index is 688. The Morgan fingerprint density at radius 1 is 1.35 bits per heavy atom. The molecule has 0 radical (unpaired) electrons. The minimum Gasteiger partial charge on any atom is -0.483 e. The number of ether oxygens (including phenoxy) is 2.